The van der Waals surface area contributed by atoms with Gasteiger partial charge in [0.2, 0.25) is 5.91 Å². The zero-order valence-electron chi connectivity index (χ0n) is 13.6. The topological polar surface area (TPSA) is 101 Å². The largest absolute Gasteiger partial charge is 0.326 e. The Bertz CT molecular complexity index is 852. The van der Waals surface area contributed by atoms with Gasteiger partial charge >= 0.3 is 0 Å². The maximum Gasteiger partial charge on any atom is 0.273 e. The maximum atomic E-state index is 12.4. The molecule has 7 nitrogen and oxygen atoms in total. The van der Waals surface area contributed by atoms with Gasteiger partial charge in [0.05, 0.1) is 15.6 Å². The number of carbonyl (C=O) groups is 2. The average Bonchev–Trinajstić information content (AvgIpc) is 2.57. The summed E-state index contributed by atoms with van der Waals surface area (Å²) in [6.07, 6.45) is 0.317. The average molecular weight is 362 g/mol. The zero-order chi connectivity index (χ0) is 18.6. The Morgan fingerprint density at radius 3 is 2.52 bits per heavy atom. The van der Waals surface area contributed by atoms with E-state index < -0.39 is 10.8 Å². The molecule has 8 heteroatoms. The number of nitrogens with one attached hydrogen (secondary N) is 2. The van der Waals surface area contributed by atoms with E-state index in [1.807, 2.05) is 0 Å². The van der Waals surface area contributed by atoms with E-state index in [0.29, 0.717) is 23.4 Å². The van der Waals surface area contributed by atoms with Crippen molar-refractivity contribution in [2.24, 2.45) is 0 Å². The molecule has 2 amide bonds. The number of rotatable bonds is 5. The molecule has 0 aliphatic heterocycles. The SMILES string of the molecule is CCC(=O)Nc1ccc(Cl)c(NC(=O)c2ccc(C)c([N+](=O)[O-])c2)c1. The summed E-state index contributed by atoms with van der Waals surface area (Å²) in [6.45, 7) is 3.31. The molecular weight excluding hydrogens is 346 g/mol. The summed E-state index contributed by atoms with van der Waals surface area (Å²) in [5.41, 5.74) is 1.24. The van der Waals surface area contributed by atoms with Crippen molar-refractivity contribution in [2.75, 3.05) is 10.6 Å². The zero-order valence-corrected chi connectivity index (χ0v) is 14.4. The van der Waals surface area contributed by atoms with Crippen LogP contribution in [-0.4, -0.2) is 16.7 Å². The van der Waals surface area contributed by atoms with Gasteiger partial charge in [-0.1, -0.05) is 24.6 Å². The Hall–Kier alpha value is -2.93. The molecule has 0 saturated carbocycles. The molecule has 0 spiro atoms. The van der Waals surface area contributed by atoms with Crippen molar-refractivity contribution < 1.29 is 14.5 Å². The number of amides is 2. The summed E-state index contributed by atoms with van der Waals surface area (Å²) < 4.78 is 0. The van der Waals surface area contributed by atoms with Crippen LogP contribution in [-0.2, 0) is 4.79 Å². The molecule has 0 heterocycles. The van der Waals surface area contributed by atoms with Gasteiger partial charge in [-0.3, -0.25) is 19.7 Å². The van der Waals surface area contributed by atoms with Crippen LogP contribution in [0.3, 0.4) is 0 Å². The molecule has 0 bridgehead atoms. The summed E-state index contributed by atoms with van der Waals surface area (Å²) in [5.74, 6) is -0.710. The van der Waals surface area contributed by atoms with Crippen LogP contribution >= 0.6 is 11.6 Å². The third kappa shape index (κ3) is 4.54. The molecule has 0 fully saturated rings. The highest BCUT2D eigenvalue weighted by molar-refractivity contribution is 6.34. The van der Waals surface area contributed by atoms with E-state index in [1.165, 1.54) is 24.3 Å². The quantitative estimate of drug-likeness (QED) is 0.616. The van der Waals surface area contributed by atoms with Gasteiger partial charge in [-0.15, -0.1) is 0 Å². The van der Waals surface area contributed by atoms with E-state index >= 15 is 0 Å². The number of anilines is 2. The lowest BCUT2D eigenvalue weighted by Crippen LogP contribution is -2.14. The lowest BCUT2D eigenvalue weighted by molar-refractivity contribution is -0.385. The van der Waals surface area contributed by atoms with Crippen LogP contribution in [0.5, 0.6) is 0 Å². The van der Waals surface area contributed by atoms with Crippen LogP contribution in [0.1, 0.15) is 29.3 Å². The van der Waals surface area contributed by atoms with Crippen molar-refractivity contribution in [3.63, 3.8) is 0 Å². The highest BCUT2D eigenvalue weighted by Gasteiger charge is 2.16. The fourth-order valence-electron chi connectivity index (χ4n) is 2.09. The van der Waals surface area contributed by atoms with E-state index in [1.54, 1.807) is 26.0 Å². The predicted molar refractivity (Wildman–Crippen MR) is 96.2 cm³/mol. The van der Waals surface area contributed by atoms with Gasteiger partial charge in [0.25, 0.3) is 11.6 Å². The van der Waals surface area contributed by atoms with Crippen molar-refractivity contribution in [3.8, 4) is 0 Å². The summed E-state index contributed by atoms with van der Waals surface area (Å²) in [7, 11) is 0. The Morgan fingerprint density at radius 2 is 1.88 bits per heavy atom. The number of nitro benzene ring substituents is 1. The number of hydrogen-bond acceptors (Lipinski definition) is 4. The van der Waals surface area contributed by atoms with Gasteiger partial charge in [-0.2, -0.15) is 0 Å². The van der Waals surface area contributed by atoms with Crippen molar-refractivity contribution in [1.29, 1.82) is 0 Å². The summed E-state index contributed by atoms with van der Waals surface area (Å²) in [6, 6.07) is 8.89. The number of aryl methyl sites for hydroxylation is 1. The second kappa shape index (κ2) is 7.76. The molecule has 0 unspecified atom stereocenters. The van der Waals surface area contributed by atoms with Crippen molar-refractivity contribution >= 4 is 40.5 Å². The molecule has 0 saturated heterocycles. The number of carbonyl (C=O) groups excluding carboxylic acids is 2. The van der Waals surface area contributed by atoms with Crippen LogP contribution in [0, 0.1) is 17.0 Å². The van der Waals surface area contributed by atoms with Crippen LogP contribution in [0.25, 0.3) is 0 Å². The number of hydrogen-bond donors (Lipinski definition) is 2. The van der Waals surface area contributed by atoms with Gasteiger partial charge in [-0.05, 0) is 31.2 Å². The standard InChI is InChI=1S/C17H16ClN3O4/c1-3-16(22)19-12-6-7-13(18)14(9-12)20-17(23)11-5-4-10(2)15(8-11)21(24)25/h4-9H,3H2,1-2H3,(H,19,22)(H,20,23). The first-order chi connectivity index (χ1) is 11.8. The fraction of sp³-hybridized carbons (Fsp3) is 0.176. The minimum absolute atomic E-state index is 0.136. The van der Waals surface area contributed by atoms with Gasteiger partial charge in [-0.25, -0.2) is 0 Å². The van der Waals surface area contributed by atoms with Crippen LogP contribution in [0.2, 0.25) is 5.02 Å². The van der Waals surface area contributed by atoms with Crippen LogP contribution in [0.4, 0.5) is 17.1 Å². The number of benzene rings is 2. The maximum absolute atomic E-state index is 12.4. The first kappa shape index (κ1) is 18.4. The van der Waals surface area contributed by atoms with E-state index in [0.717, 1.165) is 0 Å². The van der Waals surface area contributed by atoms with Crippen LogP contribution in [0.15, 0.2) is 36.4 Å². The van der Waals surface area contributed by atoms with E-state index in [-0.39, 0.29) is 22.2 Å². The molecule has 0 aliphatic rings. The number of nitrogens with zero attached hydrogens (tertiary/aromatic N) is 1. The molecule has 130 valence electrons. The van der Waals surface area contributed by atoms with E-state index in [4.69, 9.17) is 11.6 Å². The Balaban J connectivity index is 2.25. The molecular formula is C17H16ClN3O4. The molecule has 0 aromatic heterocycles. The van der Waals surface area contributed by atoms with Crippen molar-refractivity contribution in [3.05, 3.63) is 62.7 Å². The van der Waals surface area contributed by atoms with Gasteiger partial charge in [0.1, 0.15) is 0 Å². The molecule has 2 rings (SSSR count). The first-order valence-electron chi connectivity index (χ1n) is 7.47. The number of halogens is 1. The third-order valence-electron chi connectivity index (χ3n) is 3.49. The lowest BCUT2D eigenvalue weighted by atomic mass is 10.1. The van der Waals surface area contributed by atoms with Gasteiger partial charge in [0.15, 0.2) is 0 Å². The molecule has 2 N–H and O–H groups in total. The normalized spacial score (nSPS) is 10.2. The van der Waals surface area contributed by atoms with Gasteiger partial charge in [0, 0.05) is 29.3 Å². The van der Waals surface area contributed by atoms with Crippen molar-refractivity contribution in [1.82, 2.24) is 0 Å². The Kier molecular flexibility index (Phi) is 5.71. The van der Waals surface area contributed by atoms with E-state index in [9.17, 15) is 19.7 Å². The third-order valence-corrected chi connectivity index (χ3v) is 3.82. The monoisotopic (exact) mass is 361 g/mol. The smallest absolute Gasteiger partial charge is 0.273 e. The molecule has 0 radical (unpaired) electrons. The molecule has 2 aromatic rings. The fourth-order valence-corrected chi connectivity index (χ4v) is 2.25. The van der Waals surface area contributed by atoms with Crippen molar-refractivity contribution in [2.45, 2.75) is 20.3 Å². The lowest BCUT2D eigenvalue weighted by Gasteiger charge is -2.10. The van der Waals surface area contributed by atoms with E-state index in [2.05, 4.69) is 10.6 Å². The minimum atomic E-state index is -0.542. The predicted octanol–water partition coefficient (Wildman–Crippen LogP) is 4.16. The molecule has 0 aliphatic carbocycles. The van der Waals surface area contributed by atoms with Gasteiger partial charge < -0.3 is 10.6 Å². The highest BCUT2D eigenvalue weighted by atomic mass is 35.5. The Morgan fingerprint density at radius 1 is 1.16 bits per heavy atom. The number of nitro groups is 1. The second-order valence-electron chi connectivity index (χ2n) is 5.31. The minimum Gasteiger partial charge on any atom is -0.326 e. The molecule has 2 aromatic carbocycles. The first-order valence-corrected chi connectivity index (χ1v) is 7.85. The highest BCUT2D eigenvalue weighted by Crippen LogP contribution is 2.27. The van der Waals surface area contributed by atoms with Crippen LogP contribution < -0.4 is 10.6 Å². The summed E-state index contributed by atoms with van der Waals surface area (Å²) in [5, 5.41) is 16.5. The summed E-state index contributed by atoms with van der Waals surface area (Å²) in [4.78, 5) is 34.3. The molecule has 25 heavy (non-hydrogen) atoms. The summed E-state index contributed by atoms with van der Waals surface area (Å²) >= 11 is 6.07. The molecule has 0 atom stereocenters. The second-order valence-corrected chi connectivity index (χ2v) is 5.72. The Labute approximate surface area is 149 Å².